The zero-order chi connectivity index (χ0) is 15.9. The maximum absolute atomic E-state index is 4.40. The summed E-state index contributed by atoms with van der Waals surface area (Å²) in [4.78, 5) is 9.17. The van der Waals surface area contributed by atoms with Crippen molar-refractivity contribution in [3.8, 4) is 0 Å². The molecule has 1 aromatic rings. The summed E-state index contributed by atoms with van der Waals surface area (Å²) < 4.78 is 0. The maximum Gasteiger partial charge on any atom is 0.193 e. The van der Waals surface area contributed by atoms with Gasteiger partial charge < -0.3 is 10.2 Å². The first kappa shape index (κ1) is 16.8. The van der Waals surface area contributed by atoms with Gasteiger partial charge in [-0.15, -0.1) is 0 Å². The van der Waals surface area contributed by atoms with Gasteiger partial charge in [-0.1, -0.05) is 30.3 Å². The molecule has 0 radical (unpaired) electrons. The van der Waals surface area contributed by atoms with E-state index < -0.39 is 0 Å². The Balaban J connectivity index is 1.79. The van der Waals surface area contributed by atoms with Crippen molar-refractivity contribution in [1.82, 2.24) is 15.1 Å². The van der Waals surface area contributed by atoms with Crippen molar-refractivity contribution in [2.75, 3.05) is 27.2 Å². The van der Waals surface area contributed by atoms with E-state index in [2.05, 4.69) is 71.3 Å². The van der Waals surface area contributed by atoms with Crippen molar-refractivity contribution in [3.63, 3.8) is 0 Å². The normalized spacial score (nSPS) is 15.5. The van der Waals surface area contributed by atoms with Crippen LogP contribution in [0.25, 0.3) is 0 Å². The van der Waals surface area contributed by atoms with Crippen LogP contribution in [0.3, 0.4) is 0 Å². The van der Waals surface area contributed by atoms with Gasteiger partial charge in [-0.3, -0.25) is 9.89 Å². The van der Waals surface area contributed by atoms with Crippen LogP contribution < -0.4 is 5.32 Å². The minimum absolute atomic E-state index is 0.623. The second kappa shape index (κ2) is 8.18. The summed E-state index contributed by atoms with van der Waals surface area (Å²) in [6.45, 7) is 7.47. The molecular formula is C18H30N4. The van der Waals surface area contributed by atoms with Gasteiger partial charge in [-0.2, -0.15) is 0 Å². The van der Waals surface area contributed by atoms with E-state index in [1.165, 1.54) is 18.4 Å². The number of rotatable bonds is 7. The molecule has 2 rings (SSSR count). The minimum Gasteiger partial charge on any atom is -0.355 e. The van der Waals surface area contributed by atoms with Crippen molar-refractivity contribution in [2.24, 2.45) is 4.99 Å². The van der Waals surface area contributed by atoms with Gasteiger partial charge in [0.25, 0.3) is 0 Å². The summed E-state index contributed by atoms with van der Waals surface area (Å²) in [5.41, 5.74) is 1.30. The third kappa shape index (κ3) is 5.02. The Morgan fingerprint density at radius 2 is 1.95 bits per heavy atom. The van der Waals surface area contributed by atoms with Crippen LogP contribution in [0.5, 0.6) is 0 Å². The molecule has 0 unspecified atom stereocenters. The molecule has 1 aliphatic carbocycles. The molecule has 4 heteroatoms. The van der Waals surface area contributed by atoms with Gasteiger partial charge in [0.15, 0.2) is 5.96 Å². The van der Waals surface area contributed by atoms with E-state index in [1.54, 1.807) is 0 Å². The number of benzene rings is 1. The summed E-state index contributed by atoms with van der Waals surface area (Å²) in [5, 5.41) is 3.49. The summed E-state index contributed by atoms with van der Waals surface area (Å²) in [6.07, 6.45) is 2.72. The molecule has 22 heavy (non-hydrogen) atoms. The molecular weight excluding hydrogens is 272 g/mol. The summed E-state index contributed by atoms with van der Waals surface area (Å²) in [5.74, 6) is 0.961. The molecule has 0 heterocycles. The highest BCUT2D eigenvalue weighted by Crippen LogP contribution is 2.27. The van der Waals surface area contributed by atoms with Crippen molar-refractivity contribution in [1.29, 1.82) is 0 Å². The highest BCUT2D eigenvalue weighted by atomic mass is 15.3. The number of aliphatic imine (C=N–C) groups is 1. The smallest absolute Gasteiger partial charge is 0.193 e. The molecule has 0 aliphatic heterocycles. The third-order valence-corrected chi connectivity index (χ3v) is 4.17. The molecule has 1 fully saturated rings. The molecule has 0 atom stereocenters. The van der Waals surface area contributed by atoms with E-state index in [0.717, 1.165) is 31.6 Å². The zero-order valence-corrected chi connectivity index (χ0v) is 14.4. The Bertz CT molecular complexity index is 463. The van der Waals surface area contributed by atoms with Gasteiger partial charge in [0, 0.05) is 45.8 Å². The van der Waals surface area contributed by atoms with Gasteiger partial charge in [0.2, 0.25) is 0 Å². The van der Waals surface area contributed by atoms with E-state index in [0.29, 0.717) is 6.04 Å². The molecule has 0 amide bonds. The number of nitrogens with zero attached hydrogens (tertiary/aromatic N) is 3. The fourth-order valence-corrected chi connectivity index (χ4v) is 2.88. The minimum atomic E-state index is 0.623. The Morgan fingerprint density at radius 3 is 2.50 bits per heavy atom. The van der Waals surface area contributed by atoms with Crippen LogP contribution in [0, 0.1) is 0 Å². The maximum atomic E-state index is 4.40. The van der Waals surface area contributed by atoms with Crippen LogP contribution in [-0.4, -0.2) is 55.0 Å². The lowest BCUT2D eigenvalue weighted by atomic mass is 10.2. The van der Waals surface area contributed by atoms with Crippen LogP contribution in [0.15, 0.2) is 35.3 Å². The average Bonchev–Trinajstić information content (AvgIpc) is 3.32. The summed E-state index contributed by atoms with van der Waals surface area (Å²) in [6, 6.07) is 11.9. The molecule has 0 spiro atoms. The van der Waals surface area contributed by atoms with Crippen LogP contribution in [-0.2, 0) is 6.54 Å². The first-order valence-electron chi connectivity index (χ1n) is 8.33. The number of guanidine groups is 1. The van der Waals surface area contributed by atoms with Crippen molar-refractivity contribution < 1.29 is 0 Å². The molecule has 4 nitrogen and oxygen atoms in total. The second-order valence-corrected chi connectivity index (χ2v) is 6.38. The largest absolute Gasteiger partial charge is 0.355 e. The van der Waals surface area contributed by atoms with E-state index in [9.17, 15) is 0 Å². The number of hydrogen-bond donors (Lipinski definition) is 1. The highest BCUT2D eigenvalue weighted by molar-refractivity contribution is 5.79. The van der Waals surface area contributed by atoms with Crippen molar-refractivity contribution in [3.05, 3.63) is 35.9 Å². The first-order chi connectivity index (χ1) is 10.6. The van der Waals surface area contributed by atoms with Gasteiger partial charge in [0.1, 0.15) is 0 Å². The fraction of sp³-hybridized carbons (Fsp3) is 0.611. The van der Waals surface area contributed by atoms with E-state index in [1.807, 2.05) is 7.05 Å². The predicted octanol–water partition coefficient (Wildman–Crippen LogP) is 2.57. The monoisotopic (exact) mass is 302 g/mol. The molecule has 0 bridgehead atoms. The van der Waals surface area contributed by atoms with Gasteiger partial charge in [-0.05, 0) is 32.3 Å². The topological polar surface area (TPSA) is 30.9 Å². The number of nitrogens with one attached hydrogen (secondary N) is 1. The lowest BCUT2D eigenvalue weighted by molar-refractivity contribution is 0.214. The quantitative estimate of drug-likeness (QED) is 0.620. The summed E-state index contributed by atoms with van der Waals surface area (Å²) in [7, 11) is 3.94. The fourth-order valence-electron chi connectivity index (χ4n) is 2.88. The molecule has 1 aliphatic rings. The standard InChI is InChI=1S/C18H30N4/c1-15(2)22(17-10-11-17)13-12-20-18(19-3)21(4)14-16-8-6-5-7-9-16/h5-9,15,17H,10-14H2,1-4H3,(H,19,20). The molecule has 1 saturated carbocycles. The molecule has 0 saturated heterocycles. The lowest BCUT2D eigenvalue weighted by Gasteiger charge is -2.28. The van der Waals surface area contributed by atoms with E-state index in [4.69, 9.17) is 0 Å². The molecule has 122 valence electrons. The van der Waals surface area contributed by atoms with Crippen molar-refractivity contribution >= 4 is 5.96 Å². The van der Waals surface area contributed by atoms with Gasteiger partial charge >= 0.3 is 0 Å². The van der Waals surface area contributed by atoms with Gasteiger partial charge in [-0.25, -0.2) is 0 Å². The van der Waals surface area contributed by atoms with E-state index in [-0.39, 0.29) is 0 Å². The highest BCUT2D eigenvalue weighted by Gasteiger charge is 2.30. The third-order valence-electron chi connectivity index (χ3n) is 4.17. The average molecular weight is 302 g/mol. The Kier molecular flexibility index (Phi) is 6.25. The molecule has 0 aromatic heterocycles. The zero-order valence-electron chi connectivity index (χ0n) is 14.4. The SMILES string of the molecule is CN=C(NCCN(C(C)C)C1CC1)N(C)Cc1ccccc1. The molecule has 1 N–H and O–H groups in total. The van der Waals surface area contributed by atoms with Crippen LogP contribution >= 0.6 is 0 Å². The van der Waals surface area contributed by atoms with Crippen LogP contribution in [0.1, 0.15) is 32.3 Å². The second-order valence-electron chi connectivity index (χ2n) is 6.38. The van der Waals surface area contributed by atoms with E-state index >= 15 is 0 Å². The van der Waals surface area contributed by atoms with Gasteiger partial charge in [0.05, 0.1) is 0 Å². The predicted molar refractivity (Wildman–Crippen MR) is 94.1 cm³/mol. The number of hydrogen-bond acceptors (Lipinski definition) is 2. The summed E-state index contributed by atoms with van der Waals surface area (Å²) >= 11 is 0. The van der Waals surface area contributed by atoms with Crippen LogP contribution in [0.2, 0.25) is 0 Å². The lowest BCUT2D eigenvalue weighted by Crippen LogP contribution is -2.44. The molecule has 1 aromatic carbocycles. The van der Waals surface area contributed by atoms with Crippen molar-refractivity contribution in [2.45, 2.75) is 45.3 Å². The Hall–Kier alpha value is -1.55. The Labute approximate surface area is 135 Å². The first-order valence-corrected chi connectivity index (χ1v) is 8.33. The Morgan fingerprint density at radius 1 is 1.27 bits per heavy atom. The van der Waals surface area contributed by atoms with Crippen LogP contribution in [0.4, 0.5) is 0 Å².